The van der Waals surface area contributed by atoms with Gasteiger partial charge in [0, 0.05) is 14.9 Å². The zero-order valence-electron chi connectivity index (χ0n) is 22.0. The Labute approximate surface area is 245 Å². The van der Waals surface area contributed by atoms with E-state index in [0.29, 0.717) is 34.7 Å². The zero-order valence-corrected chi connectivity index (χ0v) is 24.2. The average Bonchev–Trinajstić information content (AvgIpc) is 3.22. The van der Waals surface area contributed by atoms with E-state index in [9.17, 15) is 18.8 Å². The first kappa shape index (κ1) is 28.0. The number of benzene rings is 3. The summed E-state index contributed by atoms with van der Waals surface area (Å²) in [5.74, 6) is -1.78. The number of ether oxygens (including phenoxy) is 2. The van der Waals surface area contributed by atoms with Crippen molar-refractivity contribution in [2.45, 2.75) is 31.8 Å². The number of urea groups is 1. The zero-order chi connectivity index (χ0) is 28.4. The van der Waals surface area contributed by atoms with Gasteiger partial charge in [0.05, 0.1) is 25.5 Å². The van der Waals surface area contributed by atoms with Gasteiger partial charge >= 0.3 is 6.03 Å². The molecule has 0 spiro atoms. The molecule has 3 aromatic rings. The van der Waals surface area contributed by atoms with Crippen molar-refractivity contribution in [1.29, 1.82) is 0 Å². The molecule has 0 bridgehead atoms. The monoisotopic (exact) mass is 657 g/mol. The lowest BCUT2D eigenvalue weighted by Crippen LogP contribution is -2.50. The van der Waals surface area contributed by atoms with Gasteiger partial charge < -0.3 is 20.1 Å². The predicted octanol–water partition coefficient (Wildman–Crippen LogP) is 5.25. The van der Waals surface area contributed by atoms with Crippen LogP contribution in [0.5, 0.6) is 5.75 Å². The van der Waals surface area contributed by atoms with E-state index in [1.807, 2.05) is 52.9 Å². The van der Waals surface area contributed by atoms with Crippen LogP contribution in [0.25, 0.3) is 0 Å². The van der Waals surface area contributed by atoms with Gasteiger partial charge in [0.25, 0.3) is 5.91 Å². The second kappa shape index (κ2) is 11.5. The van der Waals surface area contributed by atoms with E-state index in [4.69, 9.17) is 9.47 Å². The van der Waals surface area contributed by atoms with Crippen molar-refractivity contribution >= 4 is 46.1 Å². The molecule has 0 aromatic heterocycles. The van der Waals surface area contributed by atoms with Gasteiger partial charge in [-0.2, -0.15) is 0 Å². The van der Waals surface area contributed by atoms with Gasteiger partial charge in [0.15, 0.2) is 0 Å². The summed E-state index contributed by atoms with van der Waals surface area (Å²) < 4.78 is 26.4. The Morgan fingerprint density at radius 3 is 2.48 bits per heavy atom. The topological polar surface area (TPSA) is 97.0 Å². The molecular formula is C30H29FIN3O5. The molecule has 2 aliphatic rings. The molecule has 10 heteroatoms. The Morgan fingerprint density at radius 1 is 1.15 bits per heavy atom. The third kappa shape index (κ3) is 5.83. The van der Waals surface area contributed by atoms with Crippen LogP contribution in [0.4, 0.5) is 14.9 Å². The van der Waals surface area contributed by atoms with Crippen LogP contribution < -0.4 is 15.4 Å². The minimum atomic E-state index is -1.23. The van der Waals surface area contributed by atoms with Crippen molar-refractivity contribution in [3.05, 3.63) is 93.3 Å². The van der Waals surface area contributed by atoms with Crippen molar-refractivity contribution in [3.63, 3.8) is 0 Å². The van der Waals surface area contributed by atoms with E-state index < -0.39 is 41.7 Å². The van der Waals surface area contributed by atoms with Crippen LogP contribution in [0, 0.1) is 14.8 Å². The number of nitrogens with one attached hydrogen (secondary N) is 2. The van der Waals surface area contributed by atoms with E-state index >= 15 is 0 Å². The highest BCUT2D eigenvalue weighted by Gasteiger charge is 2.47. The van der Waals surface area contributed by atoms with Crippen LogP contribution in [0.2, 0.25) is 0 Å². The summed E-state index contributed by atoms with van der Waals surface area (Å²) in [6, 6.07) is 17.5. The van der Waals surface area contributed by atoms with Crippen molar-refractivity contribution < 1.29 is 28.2 Å². The van der Waals surface area contributed by atoms with E-state index in [2.05, 4.69) is 17.6 Å². The van der Waals surface area contributed by atoms with Crippen molar-refractivity contribution in [1.82, 2.24) is 10.2 Å². The summed E-state index contributed by atoms with van der Waals surface area (Å²) in [5.41, 5.74) is 1.27. The molecule has 5 rings (SSSR count). The van der Waals surface area contributed by atoms with Gasteiger partial charge in [-0.05, 0) is 64.0 Å². The summed E-state index contributed by atoms with van der Waals surface area (Å²) in [7, 11) is 0. The third-order valence-electron chi connectivity index (χ3n) is 7.21. The summed E-state index contributed by atoms with van der Waals surface area (Å²) in [6.45, 7) is 5.65. The normalized spacial score (nSPS) is 19.4. The number of anilines is 1. The van der Waals surface area contributed by atoms with Crippen LogP contribution in [0.15, 0.2) is 72.8 Å². The van der Waals surface area contributed by atoms with Crippen molar-refractivity contribution in [2.75, 3.05) is 25.1 Å². The van der Waals surface area contributed by atoms with Gasteiger partial charge in [-0.3, -0.25) is 9.59 Å². The number of imide groups is 1. The lowest BCUT2D eigenvalue weighted by atomic mass is 9.90. The molecule has 2 aliphatic heterocycles. The summed E-state index contributed by atoms with van der Waals surface area (Å²) >= 11 is 1.97. The van der Waals surface area contributed by atoms with Gasteiger partial charge in [0.1, 0.15) is 23.7 Å². The molecule has 2 heterocycles. The maximum Gasteiger partial charge on any atom is 0.325 e. The summed E-state index contributed by atoms with van der Waals surface area (Å²) in [5, 5.41) is 5.30. The summed E-state index contributed by atoms with van der Waals surface area (Å²) in [4.78, 5) is 41.5. The number of hydrogen-bond donors (Lipinski definition) is 2. The van der Waals surface area contributed by atoms with Gasteiger partial charge in [-0.25, -0.2) is 14.1 Å². The first-order chi connectivity index (χ1) is 19.1. The molecule has 0 aliphatic carbocycles. The minimum Gasteiger partial charge on any atom is -0.493 e. The standard InChI is InChI=1S/C30H29FIN3O5/c1-18(19-6-4-3-5-7-19)26(27(36)33-24-13-10-21(32)14-23(24)31)35-28(37)25(34-29(35)38)20-8-11-22(12-9-20)40-17-30(2)15-39-16-30/h3-14,18,25-26H,15-17H2,1-2H3,(H,33,36)(H,34,38)/t18-,25?,26-/m0/s1. The smallest absolute Gasteiger partial charge is 0.325 e. The molecule has 0 radical (unpaired) electrons. The van der Waals surface area contributed by atoms with E-state index in [1.165, 1.54) is 12.1 Å². The fraction of sp³-hybridized carbons (Fsp3) is 0.300. The van der Waals surface area contributed by atoms with Gasteiger partial charge in [-0.15, -0.1) is 0 Å². The Hall–Kier alpha value is -3.51. The maximum atomic E-state index is 14.6. The Morgan fingerprint density at radius 2 is 1.85 bits per heavy atom. The maximum absolute atomic E-state index is 14.6. The van der Waals surface area contributed by atoms with E-state index in [1.54, 1.807) is 37.3 Å². The molecule has 2 saturated heterocycles. The molecule has 1 unspecified atom stereocenters. The lowest BCUT2D eigenvalue weighted by molar-refractivity contribution is -0.134. The second-order valence-electron chi connectivity index (χ2n) is 10.5. The Bertz CT molecular complexity index is 1410. The molecule has 3 atom stereocenters. The Kier molecular flexibility index (Phi) is 8.09. The molecule has 8 nitrogen and oxygen atoms in total. The molecule has 2 N–H and O–H groups in total. The second-order valence-corrected chi connectivity index (χ2v) is 11.8. The number of nitrogens with zero attached hydrogens (tertiary/aromatic N) is 1. The number of rotatable bonds is 9. The van der Waals surface area contributed by atoms with Crippen LogP contribution in [0.3, 0.4) is 0 Å². The highest BCUT2D eigenvalue weighted by Crippen LogP contribution is 2.33. The molecule has 40 heavy (non-hydrogen) atoms. The van der Waals surface area contributed by atoms with Gasteiger partial charge in [-0.1, -0.05) is 56.3 Å². The molecule has 208 valence electrons. The van der Waals surface area contributed by atoms with Crippen LogP contribution in [-0.4, -0.2) is 48.6 Å². The molecule has 2 fully saturated rings. The molecular weight excluding hydrogens is 628 g/mol. The summed E-state index contributed by atoms with van der Waals surface area (Å²) in [6.07, 6.45) is 0. The molecule has 0 saturated carbocycles. The molecule has 3 aromatic carbocycles. The van der Waals surface area contributed by atoms with Crippen molar-refractivity contribution in [2.24, 2.45) is 5.41 Å². The SMILES string of the molecule is C[C@@H](c1ccccc1)[C@@H](C(=O)Nc1ccc(I)cc1F)N1C(=O)NC(c2ccc(OCC3(C)COC3)cc2)C1=O. The van der Waals surface area contributed by atoms with Crippen LogP contribution >= 0.6 is 22.6 Å². The number of amides is 4. The number of hydrogen-bond acceptors (Lipinski definition) is 5. The highest BCUT2D eigenvalue weighted by molar-refractivity contribution is 14.1. The lowest BCUT2D eigenvalue weighted by Gasteiger charge is -2.37. The van der Waals surface area contributed by atoms with Gasteiger partial charge in [0.2, 0.25) is 5.91 Å². The quantitative estimate of drug-likeness (QED) is 0.242. The largest absolute Gasteiger partial charge is 0.493 e. The van der Waals surface area contributed by atoms with E-state index in [0.717, 1.165) is 10.5 Å². The van der Waals surface area contributed by atoms with Crippen LogP contribution in [-0.2, 0) is 14.3 Å². The minimum absolute atomic E-state index is 0.0132. The van der Waals surface area contributed by atoms with Crippen molar-refractivity contribution in [3.8, 4) is 5.75 Å². The number of carbonyl (C=O) groups excluding carboxylic acids is 3. The Balaban J connectivity index is 1.38. The molecule has 4 amide bonds. The average molecular weight is 657 g/mol. The first-order valence-corrected chi connectivity index (χ1v) is 14.0. The predicted molar refractivity (Wildman–Crippen MR) is 155 cm³/mol. The van der Waals surface area contributed by atoms with Crippen LogP contribution in [0.1, 0.15) is 36.9 Å². The third-order valence-corrected chi connectivity index (χ3v) is 7.88. The fourth-order valence-corrected chi connectivity index (χ4v) is 5.29. The fourth-order valence-electron chi connectivity index (χ4n) is 4.84. The van der Waals surface area contributed by atoms with E-state index in [-0.39, 0.29) is 11.1 Å². The number of halogens is 2. The highest BCUT2D eigenvalue weighted by atomic mass is 127. The number of carbonyl (C=O) groups is 3. The first-order valence-electron chi connectivity index (χ1n) is 12.9.